The van der Waals surface area contributed by atoms with Crippen LogP contribution in [-0.2, 0) is 17.6 Å². The highest BCUT2D eigenvalue weighted by Crippen LogP contribution is 2.39. The number of halogens is 1. The van der Waals surface area contributed by atoms with Gasteiger partial charge in [0.1, 0.15) is 19.0 Å². The molecule has 3 heterocycles. The van der Waals surface area contributed by atoms with Crippen LogP contribution < -0.4 is 9.64 Å². The monoisotopic (exact) mass is 325 g/mol. The van der Waals surface area contributed by atoms with Gasteiger partial charge in [-0.2, -0.15) is 0 Å². The van der Waals surface area contributed by atoms with E-state index in [0.29, 0.717) is 12.2 Å². The molecule has 0 atom stereocenters. The topological polar surface area (TPSA) is 42.4 Å². The lowest BCUT2D eigenvalue weighted by atomic mass is 9.88. The number of hydrogen-bond donors (Lipinski definition) is 0. The molecular weight excluding hydrogens is 306 g/mol. The fraction of sp³-hybridized carbons (Fsp3) is 0.368. The van der Waals surface area contributed by atoms with Gasteiger partial charge in [0.05, 0.1) is 11.9 Å². The second-order valence-corrected chi connectivity index (χ2v) is 6.24. The van der Waals surface area contributed by atoms with Gasteiger partial charge in [0.25, 0.3) is 0 Å². The minimum atomic E-state index is -0.517. The predicted molar refractivity (Wildman–Crippen MR) is 90.1 cm³/mol. The molecule has 0 radical (unpaired) electrons. The number of aryl methyl sites for hydroxylation is 2. The summed E-state index contributed by atoms with van der Waals surface area (Å²) in [5.74, 6) is 0.813. The molecule has 0 aliphatic carbocycles. The Morgan fingerprint density at radius 1 is 1.08 bits per heavy atom. The average Bonchev–Trinajstić information content (AvgIpc) is 2.63. The molecule has 0 unspecified atom stereocenters. The predicted octanol–water partition coefficient (Wildman–Crippen LogP) is 3.32. The van der Waals surface area contributed by atoms with Gasteiger partial charge in [-0.05, 0) is 54.2 Å². The minimum Gasteiger partial charge on any atom is -0.489 e. The molecule has 124 valence electrons. The number of carbonyl (C=O) groups excluding carboxylic acids is 1. The first kappa shape index (κ1) is 15.1. The Balaban J connectivity index is 1.74. The first-order valence-electron chi connectivity index (χ1n) is 8.36. The largest absolute Gasteiger partial charge is 0.489 e. The summed E-state index contributed by atoms with van der Waals surface area (Å²) in [5.41, 5.74) is 5.63. The van der Waals surface area contributed by atoms with E-state index in [9.17, 15) is 9.18 Å². The van der Waals surface area contributed by atoms with Gasteiger partial charge in [0.2, 0.25) is 5.91 Å². The van der Waals surface area contributed by atoms with E-state index in [1.807, 2.05) is 11.0 Å². The molecule has 0 saturated heterocycles. The third kappa shape index (κ3) is 2.64. The highest BCUT2D eigenvalue weighted by atomic mass is 18.2. The molecule has 2 aliphatic heterocycles. The van der Waals surface area contributed by atoms with E-state index in [0.717, 1.165) is 42.6 Å². The van der Waals surface area contributed by atoms with E-state index in [1.54, 1.807) is 12.4 Å². The second kappa shape index (κ2) is 6.23. The summed E-state index contributed by atoms with van der Waals surface area (Å²) in [6.07, 6.45) is 6.75. The molecule has 2 aliphatic rings. The maximum atomic E-state index is 12.3. The Hall–Kier alpha value is -2.43. The highest BCUT2D eigenvalue weighted by Gasteiger charge is 2.29. The molecule has 0 bridgehead atoms. The van der Waals surface area contributed by atoms with Gasteiger partial charge >= 0.3 is 0 Å². The third-order valence-electron chi connectivity index (χ3n) is 4.67. The van der Waals surface area contributed by atoms with Crippen LogP contribution in [-0.4, -0.2) is 30.7 Å². The smallest absolute Gasteiger partial charge is 0.227 e. The van der Waals surface area contributed by atoms with Crippen LogP contribution in [0.4, 0.5) is 10.1 Å². The van der Waals surface area contributed by atoms with Gasteiger partial charge < -0.3 is 9.64 Å². The first-order valence-corrected chi connectivity index (χ1v) is 8.36. The van der Waals surface area contributed by atoms with Crippen molar-refractivity contribution in [2.24, 2.45) is 0 Å². The van der Waals surface area contributed by atoms with E-state index in [4.69, 9.17) is 4.74 Å². The Bertz CT molecular complexity index is 774. The molecule has 0 spiro atoms. The van der Waals surface area contributed by atoms with Gasteiger partial charge in [-0.3, -0.25) is 9.78 Å². The number of ether oxygens (including phenoxy) is 1. The van der Waals surface area contributed by atoms with Crippen LogP contribution in [0.3, 0.4) is 0 Å². The van der Waals surface area contributed by atoms with Crippen molar-refractivity contribution in [1.82, 2.24) is 4.98 Å². The Morgan fingerprint density at radius 3 is 2.75 bits per heavy atom. The van der Waals surface area contributed by atoms with Crippen molar-refractivity contribution in [2.75, 3.05) is 24.7 Å². The van der Waals surface area contributed by atoms with Crippen molar-refractivity contribution in [2.45, 2.75) is 25.7 Å². The Labute approximate surface area is 140 Å². The molecule has 5 heteroatoms. The summed E-state index contributed by atoms with van der Waals surface area (Å²) in [6, 6.07) is 6.20. The van der Waals surface area contributed by atoms with Crippen LogP contribution in [0.2, 0.25) is 0 Å². The van der Waals surface area contributed by atoms with Crippen molar-refractivity contribution in [3.63, 3.8) is 0 Å². The number of alkyl halides is 1. The number of nitrogens with zero attached hydrogens (tertiary/aromatic N) is 2. The van der Waals surface area contributed by atoms with E-state index in [2.05, 4.69) is 17.1 Å². The lowest BCUT2D eigenvalue weighted by molar-refractivity contribution is -0.119. The number of benzene rings is 1. The first-order chi connectivity index (χ1) is 11.8. The van der Waals surface area contributed by atoms with Crippen molar-refractivity contribution in [1.29, 1.82) is 0 Å². The fourth-order valence-electron chi connectivity index (χ4n) is 3.63. The van der Waals surface area contributed by atoms with Crippen LogP contribution in [0.25, 0.3) is 11.1 Å². The summed E-state index contributed by atoms with van der Waals surface area (Å²) in [7, 11) is 0. The number of rotatable bonds is 4. The van der Waals surface area contributed by atoms with Gasteiger partial charge in [0.15, 0.2) is 0 Å². The normalized spacial score (nSPS) is 16.0. The van der Waals surface area contributed by atoms with Crippen molar-refractivity contribution in [3.05, 3.63) is 41.7 Å². The molecule has 2 aromatic rings. The summed E-state index contributed by atoms with van der Waals surface area (Å²) in [6.45, 7) is 0.348. The SMILES string of the molecule is O=C1CCc2cc(-c3cncc(OCC[18F])c3)cc3c2N1CCC3. The second-order valence-electron chi connectivity index (χ2n) is 6.24. The van der Waals surface area contributed by atoms with E-state index < -0.39 is 6.67 Å². The highest BCUT2D eigenvalue weighted by molar-refractivity contribution is 5.98. The van der Waals surface area contributed by atoms with Crippen molar-refractivity contribution < 1.29 is 13.9 Å². The summed E-state index contributed by atoms with van der Waals surface area (Å²) < 4.78 is 17.6. The Morgan fingerprint density at radius 2 is 1.92 bits per heavy atom. The van der Waals surface area contributed by atoms with Crippen LogP contribution in [0.1, 0.15) is 24.0 Å². The van der Waals surface area contributed by atoms with E-state index in [1.165, 1.54) is 11.1 Å². The van der Waals surface area contributed by atoms with E-state index >= 15 is 0 Å². The molecule has 4 rings (SSSR count). The molecule has 0 fully saturated rings. The molecular formula is C19H19FN2O2. The Kier molecular flexibility index (Phi) is 3.92. The maximum absolute atomic E-state index is 12.3. The van der Waals surface area contributed by atoms with Crippen molar-refractivity contribution >= 4 is 11.6 Å². The van der Waals surface area contributed by atoms with Gasteiger partial charge in [-0.25, -0.2) is 4.39 Å². The standard InChI is InChI=1S/C19H19FN2O2/c20-5-7-24-17-10-16(11-21-12-17)15-8-13-2-1-6-22-18(23)4-3-14(9-15)19(13)22/h8-12H,1-7H2/i20-1. The zero-order chi connectivity index (χ0) is 16.5. The van der Waals surface area contributed by atoms with Crippen LogP contribution >= 0.6 is 0 Å². The molecule has 0 N–H and O–H groups in total. The van der Waals surface area contributed by atoms with Gasteiger partial charge in [-0.15, -0.1) is 0 Å². The molecule has 24 heavy (non-hydrogen) atoms. The lowest BCUT2D eigenvalue weighted by Gasteiger charge is -2.35. The summed E-state index contributed by atoms with van der Waals surface area (Å²) in [5, 5.41) is 0. The molecule has 4 nitrogen and oxygen atoms in total. The van der Waals surface area contributed by atoms with Crippen molar-refractivity contribution in [3.8, 4) is 16.9 Å². The number of pyridine rings is 1. The molecule has 0 saturated carbocycles. The van der Waals surface area contributed by atoms with Crippen LogP contribution in [0, 0.1) is 0 Å². The summed E-state index contributed by atoms with van der Waals surface area (Å²) in [4.78, 5) is 18.3. The molecule has 1 amide bonds. The quantitative estimate of drug-likeness (QED) is 0.866. The number of hydrogen-bond acceptors (Lipinski definition) is 3. The van der Waals surface area contributed by atoms with Gasteiger partial charge in [0, 0.05) is 24.7 Å². The summed E-state index contributed by atoms with van der Waals surface area (Å²) >= 11 is 0. The van der Waals surface area contributed by atoms with Crippen LogP contribution in [0.15, 0.2) is 30.6 Å². The molecule has 1 aromatic carbocycles. The number of amides is 1. The number of anilines is 1. The minimum absolute atomic E-state index is 0.0393. The van der Waals surface area contributed by atoms with E-state index in [-0.39, 0.29) is 12.5 Å². The fourth-order valence-corrected chi connectivity index (χ4v) is 3.63. The number of carbonyl (C=O) groups is 1. The zero-order valence-corrected chi connectivity index (χ0v) is 13.4. The zero-order valence-electron chi connectivity index (χ0n) is 13.4. The van der Waals surface area contributed by atoms with Crippen LogP contribution in [0.5, 0.6) is 5.75 Å². The maximum Gasteiger partial charge on any atom is 0.227 e. The number of aromatic nitrogens is 1. The average molecular weight is 325 g/mol. The van der Waals surface area contributed by atoms with Gasteiger partial charge in [-0.1, -0.05) is 0 Å². The molecule has 1 aromatic heterocycles. The lowest BCUT2D eigenvalue weighted by Crippen LogP contribution is -2.39. The third-order valence-corrected chi connectivity index (χ3v) is 4.67.